The maximum absolute atomic E-state index is 14.4. The second-order valence-corrected chi connectivity index (χ2v) is 15.2. The second-order valence-electron chi connectivity index (χ2n) is 15.2. The van der Waals surface area contributed by atoms with Gasteiger partial charge in [-0.15, -0.1) is 0 Å². The van der Waals surface area contributed by atoms with Gasteiger partial charge in [-0.2, -0.15) is 17.7 Å². The van der Waals surface area contributed by atoms with Crippen LogP contribution in [0, 0.1) is 0 Å². The molecule has 5 aromatic rings. The van der Waals surface area contributed by atoms with Gasteiger partial charge in [0.05, 0.1) is 24.2 Å². The molecule has 0 saturated heterocycles. The van der Waals surface area contributed by atoms with Crippen molar-refractivity contribution in [2.24, 2.45) is 0 Å². The van der Waals surface area contributed by atoms with E-state index in [0.29, 0.717) is 37.2 Å². The smallest absolute Gasteiger partial charge is 0.454 e. The highest BCUT2D eigenvalue weighted by atomic mass is 19.4. The SMILES string of the molecule is CCCCOc1ccc2c3c(cccc13)C(C=CC1=C(C(=O)C(F)(F)F)C(=CC=c3c4cccc5c(OCCCC)ccc(c54)n3CCCC)CC1)=[N+]2CCCC. The predicted molar refractivity (Wildman–Crippen MR) is 227 cm³/mol. The van der Waals surface area contributed by atoms with E-state index in [0.717, 1.165) is 131 Å². The molecule has 1 aromatic heterocycles. The lowest BCUT2D eigenvalue weighted by atomic mass is 9.99. The molecular formula is C49H54F3N2O3+. The zero-order valence-corrected chi connectivity index (χ0v) is 33.7. The molecule has 0 saturated carbocycles. The first kappa shape index (κ1) is 40.1. The normalized spacial score (nSPS) is 15.6. The summed E-state index contributed by atoms with van der Waals surface area (Å²) in [6.07, 6.45) is 10.9. The Morgan fingerprint density at radius 1 is 0.737 bits per heavy atom. The van der Waals surface area contributed by atoms with Gasteiger partial charge in [0.2, 0.25) is 11.4 Å². The molecule has 0 spiro atoms. The van der Waals surface area contributed by atoms with Gasteiger partial charge in [0.1, 0.15) is 18.0 Å². The number of benzene rings is 4. The fourth-order valence-electron chi connectivity index (χ4n) is 8.38. The van der Waals surface area contributed by atoms with Crippen LogP contribution in [-0.4, -0.2) is 46.6 Å². The number of aromatic nitrogens is 1. The molecule has 0 amide bonds. The summed E-state index contributed by atoms with van der Waals surface area (Å²) < 4.78 is 60.1. The van der Waals surface area contributed by atoms with Crippen molar-refractivity contribution in [2.45, 2.75) is 105 Å². The number of halogens is 3. The molecular weight excluding hydrogens is 722 g/mol. The van der Waals surface area contributed by atoms with Crippen LogP contribution in [0.15, 0.2) is 95.6 Å². The van der Waals surface area contributed by atoms with Gasteiger partial charge < -0.3 is 14.0 Å². The lowest BCUT2D eigenvalue weighted by molar-refractivity contribution is -0.436. The Morgan fingerprint density at radius 2 is 1.39 bits per heavy atom. The molecule has 2 aliphatic rings. The van der Waals surface area contributed by atoms with Crippen LogP contribution in [0.5, 0.6) is 11.5 Å². The van der Waals surface area contributed by atoms with E-state index in [1.54, 1.807) is 12.2 Å². The third-order valence-corrected chi connectivity index (χ3v) is 11.3. The zero-order chi connectivity index (χ0) is 40.1. The van der Waals surface area contributed by atoms with E-state index in [4.69, 9.17) is 9.47 Å². The molecule has 0 fully saturated rings. The van der Waals surface area contributed by atoms with Crippen LogP contribution in [0.1, 0.15) is 97.5 Å². The maximum atomic E-state index is 14.4. The quantitative estimate of drug-likeness (QED) is 0.0658. The van der Waals surface area contributed by atoms with Crippen molar-refractivity contribution < 1.29 is 32.0 Å². The molecule has 0 N–H and O–H groups in total. The summed E-state index contributed by atoms with van der Waals surface area (Å²) in [5, 5.41) is 6.15. The Morgan fingerprint density at radius 3 is 2.07 bits per heavy atom. The van der Waals surface area contributed by atoms with Crippen molar-refractivity contribution in [2.75, 3.05) is 19.8 Å². The zero-order valence-electron chi connectivity index (χ0n) is 33.7. The Labute approximate surface area is 333 Å². The third-order valence-electron chi connectivity index (χ3n) is 11.3. The number of ether oxygens (including phenoxy) is 2. The molecule has 4 aromatic carbocycles. The first-order chi connectivity index (χ1) is 27.7. The van der Waals surface area contributed by atoms with Crippen molar-refractivity contribution in [3.63, 3.8) is 0 Å². The number of allylic oxidation sites excluding steroid dienone is 6. The number of rotatable bonds is 18. The summed E-state index contributed by atoms with van der Waals surface area (Å²) in [4.78, 5) is 13.3. The highest BCUT2D eigenvalue weighted by Gasteiger charge is 2.44. The van der Waals surface area contributed by atoms with Gasteiger partial charge >= 0.3 is 6.18 Å². The van der Waals surface area contributed by atoms with Crippen LogP contribution in [-0.2, 0) is 11.3 Å². The van der Waals surface area contributed by atoms with Crippen molar-refractivity contribution in [1.29, 1.82) is 0 Å². The standard InChI is InChI=1S/C49H54F3N2O3/c1-5-9-29-53-39(35-15-13-17-37-43(56-31-11-7-3)27-25-41(53)46(35)37)23-21-33-19-20-34(45(33)48(55)49(50,51)52)22-24-40-36-16-14-18-38-44(57-32-12-8-4)28-26-42(47(36)38)54(40)30-10-6-2/h13-18,21-28H,5-12,19-20,29-32H2,1-4H3/q+1. The fourth-order valence-corrected chi connectivity index (χ4v) is 8.38. The summed E-state index contributed by atoms with van der Waals surface area (Å²) in [7, 11) is 0. The maximum Gasteiger partial charge on any atom is 0.454 e. The van der Waals surface area contributed by atoms with Crippen molar-refractivity contribution in [3.8, 4) is 11.5 Å². The van der Waals surface area contributed by atoms with Gasteiger partial charge in [0.15, 0.2) is 0 Å². The highest BCUT2D eigenvalue weighted by Crippen LogP contribution is 2.42. The first-order valence-corrected chi connectivity index (χ1v) is 20.9. The van der Waals surface area contributed by atoms with Gasteiger partial charge in [-0.25, -0.2) is 0 Å². The number of aryl methyl sites for hydroxylation is 1. The van der Waals surface area contributed by atoms with Crippen LogP contribution in [0.2, 0.25) is 0 Å². The number of unbranched alkanes of at least 4 members (excludes halogenated alkanes) is 4. The summed E-state index contributed by atoms with van der Waals surface area (Å²) in [5.41, 5.74) is 4.64. The molecule has 0 unspecified atom stereocenters. The minimum atomic E-state index is -5.01. The number of nitrogens with zero attached hydrogens (tertiary/aromatic N) is 2. The number of hydrogen-bond acceptors (Lipinski definition) is 3. The number of ketones is 1. The first-order valence-electron chi connectivity index (χ1n) is 20.9. The van der Waals surface area contributed by atoms with Crippen LogP contribution in [0.3, 0.4) is 0 Å². The van der Waals surface area contributed by atoms with E-state index in [1.807, 2.05) is 36.4 Å². The number of Topliss-reactive ketones (excluding diaryl/α,β-unsaturated/α-hetero) is 1. The molecule has 2 heterocycles. The average Bonchev–Trinajstić information content (AvgIpc) is 3.86. The molecule has 1 aliphatic carbocycles. The van der Waals surface area contributed by atoms with E-state index in [1.165, 1.54) is 0 Å². The summed E-state index contributed by atoms with van der Waals surface area (Å²) >= 11 is 0. The molecule has 5 nitrogen and oxygen atoms in total. The lowest BCUT2D eigenvalue weighted by Crippen LogP contribution is -2.25. The van der Waals surface area contributed by atoms with Crippen molar-refractivity contribution in [1.82, 2.24) is 4.57 Å². The van der Waals surface area contributed by atoms with Crippen LogP contribution < -0.4 is 14.8 Å². The van der Waals surface area contributed by atoms with Crippen LogP contribution in [0.25, 0.3) is 38.5 Å². The van der Waals surface area contributed by atoms with E-state index >= 15 is 0 Å². The largest absolute Gasteiger partial charge is 0.493 e. The highest BCUT2D eigenvalue weighted by molar-refractivity contribution is 6.21. The van der Waals surface area contributed by atoms with E-state index in [9.17, 15) is 18.0 Å². The van der Waals surface area contributed by atoms with Gasteiger partial charge in [-0.3, -0.25) is 4.79 Å². The van der Waals surface area contributed by atoms with Gasteiger partial charge in [-0.1, -0.05) is 95.9 Å². The Kier molecular flexibility index (Phi) is 12.4. The summed E-state index contributed by atoms with van der Waals surface area (Å²) in [6, 6.07) is 20.6. The van der Waals surface area contributed by atoms with E-state index < -0.39 is 12.0 Å². The van der Waals surface area contributed by atoms with E-state index in [2.05, 4.69) is 73.2 Å². The van der Waals surface area contributed by atoms with Gasteiger partial charge in [0, 0.05) is 63.1 Å². The Balaban J connectivity index is 1.33. The molecule has 0 radical (unpaired) electrons. The third kappa shape index (κ3) is 7.93. The van der Waals surface area contributed by atoms with Crippen molar-refractivity contribution in [3.05, 3.63) is 107 Å². The fraction of sp³-hybridized carbons (Fsp3) is 0.388. The predicted octanol–water partition coefficient (Wildman–Crippen LogP) is 12.3. The monoisotopic (exact) mass is 775 g/mol. The molecule has 298 valence electrons. The lowest BCUT2D eigenvalue weighted by Gasteiger charge is -2.10. The number of carbonyl (C=O) groups excluding carboxylic acids is 1. The van der Waals surface area contributed by atoms with Gasteiger partial charge in [0.25, 0.3) is 5.78 Å². The Bertz CT molecular complexity index is 2480. The molecule has 0 atom stereocenters. The molecule has 1 aliphatic heterocycles. The number of alkyl halides is 3. The van der Waals surface area contributed by atoms with Gasteiger partial charge in [-0.05, 0) is 73.6 Å². The summed E-state index contributed by atoms with van der Waals surface area (Å²) in [6.45, 7) is 11.4. The second kappa shape index (κ2) is 17.6. The minimum Gasteiger partial charge on any atom is -0.493 e. The molecule has 8 heteroatoms. The topological polar surface area (TPSA) is 43.5 Å². The number of hydrogen-bond donors (Lipinski definition) is 0. The van der Waals surface area contributed by atoms with Crippen LogP contribution in [0.4, 0.5) is 18.9 Å². The van der Waals surface area contributed by atoms with Crippen LogP contribution >= 0.6 is 0 Å². The summed E-state index contributed by atoms with van der Waals surface area (Å²) in [5.74, 6) is -0.127. The number of carbonyl (C=O) groups is 1. The Hall–Kier alpha value is -5.11. The minimum absolute atomic E-state index is 0.239. The molecule has 57 heavy (non-hydrogen) atoms. The molecule has 7 rings (SSSR count). The molecule has 0 bridgehead atoms. The van der Waals surface area contributed by atoms with E-state index in [-0.39, 0.29) is 5.57 Å². The average molecular weight is 776 g/mol. The van der Waals surface area contributed by atoms with Crippen molar-refractivity contribution >= 4 is 55.7 Å².